The van der Waals surface area contributed by atoms with Crippen molar-refractivity contribution in [2.75, 3.05) is 12.4 Å². The zero-order chi connectivity index (χ0) is 22.0. The van der Waals surface area contributed by atoms with Gasteiger partial charge in [-0.05, 0) is 66.4 Å². The largest absolute Gasteiger partial charge is 0.497 e. The summed E-state index contributed by atoms with van der Waals surface area (Å²) in [5.74, 6) is 0.0203. The fraction of sp³-hybridized carbons (Fsp3) is 0.160. The fourth-order valence-corrected chi connectivity index (χ4v) is 3.49. The zero-order valence-corrected chi connectivity index (χ0v) is 17.7. The third-order valence-electron chi connectivity index (χ3n) is 5.39. The van der Waals surface area contributed by atoms with Gasteiger partial charge in [-0.3, -0.25) is 19.5 Å². The maximum Gasteiger partial charge on any atom is 0.278 e. The highest BCUT2D eigenvalue weighted by molar-refractivity contribution is 6.36. The van der Waals surface area contributed by atoms with E-state index < -0.39 is 0 Å². The number of nitrogens with one attached hydrogen (secondary N) is 1. The third kappa shape index (κ3) is 4.05. The number of nitrogens with zero attached hydrogens (tertiary/aromatic N) is 2. The first-order valence-electron chi connectivity index (χ1n) is 9.96. The summed E-state index contributed by atoms with van der Waals surface area (Å²) < 4.78 is 5.20. The quantitative estimate of drug-likeness (QED) is 0.616. The molecule has 0 spiro atoms. The van der Waals surface area contributed by atoms with Gasteiger partial charge in [-0.2, -0.15) is 0 Å². The van der Waals surface area contributed by atoms with Crippen molar-refractivity contribution < 1.29 is 14.3 Å². The van der Waals surface area contributed by atoms with E-state index in [2.05, 4.69) is 10.3 Å². The van der Waals surface area contributed by atoms with E-state index in [4.69, 9.17) is 4.74 Å². The number of hydrogen-bond donors (Lipinski definition) is 1. The van der Waals surface area contributed by atoms with Crippen molar-refractivity contribution in [3.63, 3.8) is 0 Å². The highest BCUT2D eigenvalue weighted by atomic mass is 16.5. The standard InChI is InChI=1S/C25H23N3O3/c1-16-6-7-19(13-17(16)2)22-23(27-20-8-10-21(31-3)11-9-20)25(30)28(24(22)29)15-18-5-4-12-26-14-18/h4-14,27H,15H2,1-3H3. The summed E-state index contributed by atoms with van der Waals surface area (Å²) in [6, 6.07) is 16.6. The van der Waals surface area contributed by atoms with Crippen LogP contribution in [-0.2, 0) is 16.1 Å². The molecule has 156 valence electrons. The van der Waals surface area contributed by atoms with Crippen LogP contribution in [0.4, 0.5) is 5.69 Å². The van der Waals surface area contributed by atoms with Gasteiger partial charge in [0.2, 0.25) is 0 Å². The molecule has 6 heteroatoms. The Kier molecular flexibility index (Phi) is 5.54. The Bertz CT molecular complexity index is 1170. The molecule has 0 fully saturated rings. The summed E-state index contributed by atoms with van der Waals surface area (Å²) in [7, 11) is 1.60. The number of imide groups is 1. The molecule has 31 heavy (non-hydrogen) atoms. The number of rotatable bonds is 6. The summed E-state index contributed by atoms with van der Waals surface area (Å²) >= 11 is 0. The van der Waals surface area contributed by atoms with Crippen LogP contribution in [0.3, 0.4) is 0 Å². The fourth-order valence-electron chi connectivity index (χ4n) is 3.49. The van der Waals surface area contributed by atoms with Crippen LogP contribution in [0.15, 0.2) is 72.7 Å². The molecule has 3 aromatic rings. The smallest absolute Gasteiger partial charge is 0.278 e. The monoisotopic (exact) mass is 413 g/mol. The Morgan fingerprint density at radius 1 is 0.968 bits per heavy atom. The van der Waals surface area contributed by atoms with Gasteiger partial charge in [-0.1, -0.05) is 24.3 Å². The molecule has 0 atom stereocenters. The van der Waals surface area contributed by atoms with Gasteiger partial charge in [0.25, 0.3) is 11.8 Å². The van der Waals surface area contributed by atoms with Crippen LogP contribution in [0, 0.1) is 13.8 Å². The van der Waals surface area contributed by atoms with E-state index >= 15 is 0 Å². The minimum atomic E-state index is -0.363. The summed E-state index contributed by atoms with van der Waals surface area (Å²) in [6.45, 7) is 4.17. The molecule has 2 heterocycles. The van der Waals surface area contributed by atoms with E-state index in [1.165, 1.54) is 4.90 Å². The molecule has 0 radical (unpaired) electrons. The van der Waals surface area contributed by atoms with Crippen LogP contribution < -0.4 is 10.1 Å². The number of amides is 2. The average Bonchev–Trinajstić information content (AvgIpc) is 3.01. The predicted molar refractivity (Wildman–Crippen MR) is 119 cm³/mol. The van der Waals surface area contributed by atoms with E-state index in [9.17, 15) is 9.59 Å². The van der Waals surface area contributed by atoms with E-state index in [-0.39, 0.29) is 24.1 Å². The van der Waals surface area contributed by atoms with Gasteiger partial charge < -0.3 is 10.1 Å². The second kappa shape index (κ2) is 8.44. The van der Waals surface area contributed by atoms with Crippen LogP contribution in [-0.4, -0.2) is 28.8 Å². The van der Waals surface area contributed by atoms with Crippen LogP contribution in [0.5, 0.6) is 5.75 Å². The Morgan fingerprint density at radius 2 is 1.74 bits per heavy atom. The topological polar surface area (TPSA) is 71.5 Å². The first kappa shape index (κ1) is 20.3. The van der Waals surface area contributed by atoms with Crippen molar-refractivity contribution in [2.45, 2.75) is 20.4 Å². The molecule has 1 aromatic heterocycles. The molecular weight excluding hydrogens is 390 g/mol. The number of aryl methyl sites for hydroxylation is 2. The lowest BCUT2D eigenvalue weighted by molar-refractivity contribution is -0.137. The Morgan fingerprint density at radius 3 is 2.39 bits per heavy atom. The molecule has 2 amide bonds. The van der Waals surface area contributed by atoms with Crippen molar-refractivity contribution in [1.29, 1.82) is 0 Å². The molecule has 1 aliphatic heterocycles. The lowest BCUT2D eigenvalue weighted by atomic mass is 9.99. The lowest BCUT2D eigenvalue weighted by Gasteiger charge is -2.15. The molecule has 0 saturated heterocycles. The Balaban J connectivity index is 1.75. The Hall–Kier alpha value is -3.93. The molecule has 2 aromatic carbocycles. The maximum absolute atomic E-state index is 13.4. The minimum absolute atomic E-state index is 0.160. The molecule has 0 unspecified atom stereocenters. The summed E-state index contributed by atoms with van der Waals surface area (Å²) in [5.41, 5.74) is 5.01. The normalized spacial score (nSPS) is 13.7. The van der Waals surface area contributed by atoms with Crippen molar-refractivity contribution in [2.24, 2.45) is 0 Å². The maximum atomic E-state index is 13.4. The summed E-state index contributed by atoms with van der Waals surface area (Å²) in [5, 5.41) is 3.17. The lowest BCUT2D eigenvalue weighted by Crippen LogP contribution is -2.32. The van der Waals surface area contributed by atoms with Gasteiger partial charge >= 0.3 is 0 Å². The van der Waals surface area contributed by atoms with E-state index in [1.54, 1.807) is 37.7 Å². The number of anilines is 1. The van der Waals surface area contributed by atoms with Gasteiger partial charge in [0.1, 0.15) is 11.4 Å². The van der Waals surface area contributed by atoms with Crippen molar-refractivity contribution in [1.82, 2.24) is 9.88 Å². The number of hydrogen-bond acceptors (Lipinski definition) is 5. The number of aromatic nitrogens is 1. The zero-order valence-electron chi connectivity index (χ0n) is 17.7. The number of methoxy groups -OCH3 is 1. The van der Waals surface area contributed by atoms with Crippen LogP contribution in [0.25, 0.3) is 5.57 Å². The van der Waals surface area contributed by atoms with Gasteiger partial charge in [0.15, 0.2) is 0 Å². The van der Waals surface area contributed by atoms with Gasteiger partial charge in [0, 0.05) is 18.1 Å². The SMILES string of the molecule is COc1ccc(NC2=C(c3ccc(C)c(C)c3)C(=O)N(Cc3cccnc3)C2=O)cc1. The molecule has 1 aliphatic rings. The molecule has 0 saturated carbocycles. The molecular formula is C25H23N3O3. The summed E-state index contributed by atoms with van der Waals surface area (Å²) in [6.07, 6.45) is 3.32. The molecule has 1 N–H and O–H groups in total. The van der Waals surface area contributed by atoms with Crippen molar-refractivity contribution in [3.8, 4) is 5.75 Å². The molecule has 6 nitrogen and oxygen atoms in total. The predicted octanol–water partition coefficient (Wildman–Crippen LogP) is 4.10. The van der Waals surface area contributed by atoms with E-state index in [1.807, 2.05) is 50.2 Å². The number of carbonyl (C=O) groups is 2. The van der Waals surface area contributed by atoms with E-state index in [0.717, 1.165) is 16.7 Å². The summed E-state index contributed by atoms with van der Waals surface area (Å²) in [4.78, 5) is 32.1. The van der Waals surface area contributed by atoms with Gasteiger partial charge in [-0.15, -0.1) is 0 Å². The van der Waals surface area contributed by atoms with Crippen LogP contribution >= 0.6 is 0 Å². The van der Waals surface area contributed by atoms with Gasteiger partial charge in [-0.25, -0.2) is 0 Å². The van der Waals surface area contributed by atoms with Crippen molar-refractivity contribution in [3.05, 3.63) is 94.9 Å². The van der Waals surface area contributed by atoms with Crippen molar-refractivity contribution >= 4 is 23.1 Å². The first-order chi connectivity index (χ1) is 15.0. The molecule has 4 rings (SSSR count). The van der Waals surface area contributed by atoms with Gasteiger partial charge in [0.05, 0.1) is 19.2 Å². The molecule has 0 aliphatic carbocycles. The number of benzene rings is 2. The minimum Gasteiger partial charge on any atom is -0.497 e. The third-order valence-corrected chi connectivity index (χ3v) is 5.39. The highest BCUT2D eigenvalue weighted by Gasteiger charge is 2.39. The second-order valence-electron chi connectivity index (χ2n) is 7.46. The average molecular weight is 413 g/mol. The Labute approximate surface area is 181 Å². The molecule has 0 bridgehead atoms. The number of carbonyl (C=O) groups excluding carboxylic acids is 2. The number of ether oxygens (including phenoxy) is 1. The first-order valence-corrected chi connectivity index (χ1v) is 9.96. The van der Waals surface area contributed by atoms with Crippen LogP contribution in [0.2, 0.25) is 0 Å². The highest BCUT2D eigenvalue weighted by Crippen LogP contribution is 2.32. The van der Waals surface area contributed by atoms with Crippen LogP contribution in [0.1, 0.15) is 22.3 Å². The second-order valence-corrected chi connectivity index (χ2v) is 7.46. The van der Waals surface area contributed by atoms with E-state index in [0.29, 0.717) is 22.6 Å². The number of pyridine rings is 1.